The largest absolute Gasteiger partial charge is 0.490 e. The third-order valence-corrected chi connectivity index (χ3v) is 4.33. The van der Waals surface area contributed by atoms with Gasteiger partial charge in [-0.25, -0.2) is 4.99 Å². The van der Waals surface area contributed by atoms with Crippen molar-refractivity contribution in [1.29, 1.82) is 0 Å². The van der Waals surface area contributed by atoms with Gasteiger partial charge in [-0.2, -0.15) is 0 Å². The molecule has 5 heteroatoms. The highest BCUT2D eigenvalue weighted by molar-refractivity contribution is 7.12. The summed E-state index contributed by atoms with van der Waals surface area (Å²) in [6.07, 6.45) is 2.04. The van der Waals surface area contributed by atoms with E-state index in [0.29, 0.717) is 17.3 Å². The van der Waals surface area contributed by atoms with Gasteiger partial charge in [0.05, 0.1) is 23.3 Å². The van der Waals surface area contributed by atoms with Crippen molar-refractivity contribution in [2.45, 2.75) is 39.4 Å². The molecule has 0 saturated carbocycles. The van der Waals surface area contributed by atoms with Crippen LogP contribution in [0.4, 0.5) is 5.69 Å². The van der Waals surface area contributed by atoms with Crippen molar-refractivity contribution in [3.8, 4) is 5.75 Å². The van der Waals surface area contributed by atoms with E-state index in [1.54, 1.807) is 11.3 Å². The molecule has 2 rings (SSSR count). The summed E-state index contributed by atoms with van der Waals surface area (Å²) in [5.41, 5.74) is 7.44. The summed E-state index contributed by atoms with van der Waals surface area (Å²) < 4.78 is 5.93. The third-order valence-electron chi connectivity index (χ3n) is 3.44. The van der Waals surface area contributed by atoms with Crippen molar-refractivity contribution in [1.82, 2.24) is 0 Å². The van der Waals surface area contributed by atoms with Gasteiger partial charge in [0.2, 0.25) is 0 Å². The summed E-state index contributed by atoms with van der Waals surface area (Å²) in [5.74, 6) is 1.19. The lowest BCUT2D eigenvalue weighted by Crippen LogP contribution is -2.14. The minimum absolute atomic E-state index is 0.0856. The van der Waals surface area contributed by atoms with Crippen LogP contribution in [0, 0.1) is 0 Å². The van der Waals surface area contributed by atoms with Gasteiger partial charge in [-0.05, 0) is 42.5 Å². The van der Waals surface area contributed by atoms with Crippen LogP contribution in [-0.4, -0.2) is 17.0 Å². The lowest BCUT2D eigenvalue weighted by atomic mass is 10.1. The molecule has 0 amide bonds. The number of ether oxygens (including phenoxy) is 1. The van der Waals surface area contributed by atoms with Crippen molar-refractivity contribution in [2.75, 3.05) is 0 Å². The zero-order valence-corrected chi connectivity index (χ0v) is 13.8. The van der Waals surface area contributed by atoms with E-state index < -0.39 is 0 Å². The number of benzene rings is 1. The average molecular weight is 318 g/mol. The maximum absolute atomic E-state index is 9.56. The molecule has 0 bridgehead atoms. The van der Waals surface area contributed by atoms with Gasteiger partial charge in [0.1, 0.15) is 11.6 Å². The standard InChI is InChI=1S/C17H22N2O2S/c1-3-14(4-2)21-15-8-7-13(10-12(15)11-20)19-17(18)16-6-5-9-22-16/h5-10,14,20H,3-4,11H2,1-2H3,(H2,18,19). The van der Waals surface area contributed by atoms with Gasteiger partial charge < -0.3 is 15.6 Å². The molecule has 0 aliphatic rings. The van der Waals surface area contributed by atoms with E-state index >= 15 is 0 Å². The van der Waals surface area contributed by atoms with Crippen molar-refractivity contribution < 1.29 is 9.84 Å². The van der Waals surface area contributed by atoms with Crippen LogP contribution in [0.5, 0.6) is 5.75 Å². The second kappa shape index (κ2) is 7.96. The van der Waals surface area contributed by atoms with Gasteiger partial charge in [0, 0.05) is 5.56 Å². The predicted molar refractivity (Wildman–Crippen MR) is 92.1 cm³/mol. The first-order valence-corrected chi connectivity index (χ1v) is 8.34. The van der Waals surface area contributed by atoms with Gasteiger partial charge >= 0.3 is 0 Å². The highest BCUT2D eigenvalue weighted by Gasteiger charge is 2.10. The number of aliphatic hydroxyl groups excluding tert-OH is 1. The lowest BCUT2D eigenvalue weighted by Gasteiger charge is -2.18. The van der Waals surface area contributed by atoms with E-state index in [2.05, 4.69) is 18.8 Å². The van der Waals surface area contributed by atoms with Crippen LogP contribution in [0.25, 0.3) is 0 Å². The second-order valence-electron chi connectivity index (χ2n) is 4.98. The summed E-state index contributed by atoms with van der Waals surface area (Å²) in [5, 5.41) is 11.5. The zero-order chi connectivity index (χ0) is 15.9. The van der Waals surface area contributed by atoms with E-state index in [1.165, 1.54) is 0 Å². The molecule has 4 nitrogen and oxygen atoms in total. The number of thiophene rings is 1. The van der Waals surface area contributed by atoms with Gasteiger partial charge in [-0.1, -0.05) is 19.9 Å². The van der Waals surface area contributed by atoms with Crippen LogP contribution in [-0.2, 0) is 6.61 Å². The number of hydrogen-bond donors (Lipinski definition) is 2. The monoisotopic (exact) mass is 318 g/mol. The summed E-state index contributed by atoms with van der Waals surface area (Å²) in [6, 6.07) is 9.40. The molecule has 0 aliphatic carbocycles. The second-order valence-corrected chi connectivity index (χ2v) is 5.93. The SMILES string of the molecule is CCC(CC)Oc1ccc(N=C(N)c2cccs2)cc1CO. The van der Waals surface area contributed by atoms with E-state index in [4.69, 9.17) is 10.5 Å². The highest BCUT2D eigenvalue weighted by atomic mass is 32.1. The molecule has 0 atom stereocenters. The lowest BCUT2D eigenvalue weighted by molar-refractivity contribution is 0.184. The molecule has 22 heavy (non-hydrogen) atoms. The molecular formula is C17H22N2O2S. The zero-order valence-electron chi connectivity index (χ0n) is 13.0. The molecule has 0 unspecified atom stereocenters. The number of aliphatic imine (C=N–C) groups is 1. The highest BCUT2D eigenvalue weighted by Crippen LogP contribution is 2.27. The quantitative estimate of drug-likeness (QED) is 0.602. The van der Waals surface area contributed by atoms with Gasteiger partial charge in [-0.3, -0.25) is 0 Å². The van der Waals surface area contributed by atoms with E-state index in [9.17, 15) is 5.11 Å². The smallest absolute Gasteiger partial charge is 0.141 e. The number of rotatable bonds is 7. The van der Waals surface area contributed by atoms with E-state index in [0.717, 1.165) is 23.3 Å². The Labute approximate surface area is 135 Å². The molecule has 1 aromatic heterocycles. The summed E-state index contributed by atoms with van der Waals surface area (Å²) in [7, 11) is 0. The molecule has 0 radical (unpaired) electrons. The number of aliphatic hydroxyl groups is 1. The number of nitrogens with two attached hydrogens (primary N) is 1. The topological polar surface area (TPSA) is 67.8 Å². The van der Waals surface area contributed by atoms with E-state index in [-0.39, 0.29) is 12.7 Å². The minimum Gasteiger partial charge on any atom is -0.490 e. The van der Waals surface area contributed by atoms with E-state index in [1.807, 2.05) is 35.7 Å². The van der Waals surface area contributed by atoms with Crippen LogP contribution < -0.4 is 10.5 Å². The van der Waals surface area contributed by atoms with Crippen molar-refractivity contribution in [3.05, 3.63) is 46.2 Å². The number of hydrogen-bond acceptors (Lipinski definition) is 4. The Morgan fingerprint density at radius 1 is 1.32 bits per heavy atom. The number of nitrogens with zero attached hydrogens (tertiary/aromatic N) is 1. The fourth-order valence-corrected chi connectivity index (χ4v) is 2.75. The molecule has 1 heterocycles. The minimum atomic E-state index is -0.0856. The Bertz CT molecular complexity index is 620. The van der Waals surface area contributed by atoms with Crippen LogP contribution >= 0.6 is 11.3 Å². The third kappa shape index (κ3) is 4.08. The van der Waals surface area contributed by atoms with Crippen molar-refractivity contribution in [2.24, 2.45) is 10.7 Å². The molecular weight excluding hydrogens is 296 g/mol. The first-order chi connectivity index (χ1) is 10.7. The molecule has 2 aromatic rings. The van der Waals surface area contributed by atoms with Crippen molar-refractivity contribution in [3.63, 3.8) is 0 Å². The maximum Gasteiger partial charge on any atom is 0.141 e. The van der Waals surface area contributed by atoms with Gasteiger partial charge in [0.25, 0.3) is 0 Å². The molecule has 0 spiro atoms. The molecule has 118 valence electrons. The van der Waals surface area contributed by atoms with Crippen molar-refractivity contribution >= 4 is 22.9 Å². The Hall–Kier alpha value is -1.85. The normalized spacial score (nSPS) is 11.9. The molecule has 3 N–H and O–H groups in total. The summed E-state index contributed by atoms with van der Waals surface area (Å²) in [4.78, 5) is 5.34. The van der Waals surface area contributed by atoms with Crippen LogP contribution in [0.2, 0.25) is 0 Å². The Morgan fingerprint density at radius 2 is 2.09 bits per heavy atom. The molecule has 0 aliphatic heterocycles. The Kier molecular flexibility index (Phi) is 5.98. The summed E-state index contributed by atoms with van der Waals surface area (Å²) >= 11 is 1.55. The van der Waals surface area contributed by atoms with Crippen LogP contribution in [0.3, 0.4) is 0 Å². The van der Waals surface area contributed by atoms with Gasteiger partial charge in [0.15, 0.2) is 0 Å². The predicted octanol–water partition coefficient (Wildman–Crippen LogP) is 3.84. The number of amidine groups is 1. The maximum atomic E-state index is 9.56. The Balaban J connectivity index is 2.23. The molecule has 0 fully saturated rings. The summed E-state index contributed by atoms with van der Waals surface area (Å²) in [6.45, 7) is 4.10. The fourth-order valence-electron chi connectivity index (χ4n) is 2.13. The molecule has 0 saturated heterocycles. The average Bonchev–Trinajstić information content (AvgIpc) is 3.08. The van der Waals surface area contributed by atoms with Gasteiger partial charge in [-0.15, -0.1) is 11.3 Å². The van der Waals surface area contributed by atoms with Crippen LogP contribution in [0.1, 0.15) is 37.1 Å². The first-order valence-electron chi connectivity index (χ1n) is 7.46. The molecule has 1 aromatic carbocycles. The first kappa shape index (κ1) is 16.5. The Morgan fingerprint density at radius 3 is 2.68 bits per heavy atom. The van der Waals surface area contributed by atoms with Crippen LogP contribution in [0.15, 0.2) is 40.7 Å². The fraction of sp³-hybridized carbons (Fsp3) is 0.353.